The van der Waals surface area contributed by atoms with Gasteiger partial charge in [-0.1, -0.05) is 6.07 Å². The van der Waals surface area contributed by atoms with E-state index in [4.69, 9.17) is 4.74 Å². The molecular weight excluding hydrogens is 276 g/mol. The molecule has 0 radical (unpaired) electrons. The van der Waals surface area contributed by atoms with Crippen molar-refractivity contribution in [2.24, 2.45) is 0 Å². The van der Waals surface area contributed by atoms with Crippen LogP contribution in [-0.2, 0) is 0 Å². The number of rotatable bonds is 2. The van der Waals surface area contributed by atoms with Gasteiger partial charge in [-0.2, -0.15) is 9.36 Å². The number of ether oxygens (including phenoxy) is 1. The lowest BCUT2D eigenvalue weighted by atomic mass is 10.2. The second-order valence-electron chi connectivity index (χ2n) is 3.14. The Morgan fingerprint density at radius 3 is 2.73 bits per heavy atom. The molecule has 2 rings (SSSR count). The minimum absolute atomic E-state index is 0.567. The Kier molecular flexibility index (Phi) is 3.02. The molecule has 0 saturated carbocycles. The Hall–Kier alpha value is -0.940. The largest absolute Gasteiger partial charge is 0.429 e. The van der Waals surface area contributed by atoms with E-state index < -0.39 is 0 Å². The van der Waals surface area contributed by atoms with Gasteiger partial charge in [0.15, 0.2) is 0 Å². The number of hydrogen-bond acceptors (Lipinski definition) is 4. The first-order valence-corrected chi connectivity index (χ1v) is 5.96. The van der Waals surface area contributed by atoms with Crippen LogP contribution in [0.3, 0.4) is 0 Å². The van der Waals surface area contributed by atoms with Crippen LogP contribution in [-0.4, -0.2) is 9.36 Å². The van der Waals surface area contributed by atoms with Gasteiger partial charge in [-0.3, -0.25) is 0 Å². The number of benzene rings is 1. The van der Waals surface area contributed by atoms with Gasteiger partial charge < -0.3 is 4.74 Å². The molecule has 3 nitrogen and oxygen atoms in total. The fourth-order valence-electron chi connectivity index (χ4n) is 1.10. The van der Waals surface area contributed by atoms with Gasteiger partial charge in [0.2, 0.25) is 0 Å². The van der Waals surface area contributed by atoms with Crippen LogP contribution in [0.25, 0.3) is 0 Å². The zero-order chi connectivity index (χ0) is 10.8. The molecule has 0 N–H and O–H groups in total. The highest BCUT2D eigenvalue weighted by molar-refractivity contribution is 9.10. The molecule has 15 heavy (non-hydrogen) atoms. The van der Waals surface area contributed by atoms with Crippen molar-refractivity contribution in [2.75, 3.05) is 0 Å². The highest BCUT2D eigenvalue weighted by Crippen LogP contribution is 2.30. The molecule has 2 aromatic rings. The minimum Gasteiger partial charge on any atom is -0.429 e. The average Bonchev–Trinajstić information content (AvgIpc) is 2.56. The van der Waals surface area contributed by atoms with Crippen LogP contribution in [0.5, 0.6) is 10.9 Å². The number of aromatic nitrogens is 2. The van der Waals surface area contributed by atoms with Crippen molar-refractivity contribution in [2.45, 2.75) is 13.8 Å². The van der Waals surface area contributed by atoms with E-state index in [0.717, 1.165) is 16.0 Å². The summed E-state index contributed by atoms with van der Waals surface area (Å²) in [4.78, 5) is 4.13. The van der Waals surface area contributed by atoms with Gasteiger partial charge in [0.1, 0.15) is 11.6 Å². The molecule has 78 valence electrons. The maximum atomic E-state index is 5.58. The molecule has 1 aromatic heterocycles. The topological polar surface area (TPSA) is 35.0 Å². The SMILES string of the molecule is Cc1ccc(Oc2nc(C)ns2)c(Br)c1. The van der Waals surface area contributed by atoms with Gasteiger partial charge in [-0.15, -0.1) is 0 Å². The van der Waals surface area contributed by atoms with Crippen LogP contribution in [0.15, 0.2) is 22.7 Å². The van der Waals surface area contributed by atoms with Gasteiger partial charge in [-0.25, -0.2) is 0 Å². The summed E-state index contributed by atoms with van der Waals surface area (Å²) in [7, 11) is 0. The van der Waals surface area contributed by atoms with Crippen molar-refractivity contribution < 1.29 is 4.74 Å². The standard InChI is InChI=1S/C10H9BrN2OS/c1-6-3-4-9(8(11)5-6)14-10-12-7(2)13-15-10/h3-5H,1-2H3. The lowest BCUT2D eigenvalue weighted by Crippen LogP contribution is -1.85. The van der Waals surface area contributed by atoms with Gasteiger partial charge in [0.25, 0.3) is 5.19 Å². The Morgan fingerprint density at radius 2 is 2.13 bits per heavy atom. The summed E-state index contributed by atoms with van der Waals surface area (Å²) < 4.78 is 10.6. The quantitative estimate of drug-likeness (QED) is 0.843. The van der Waals surface area contributed by atoms with E-state index in [-0.39, 0.29) is 0 Å². The predicted octanol–water partition coefficient (Wildman–Crippen LogP) is 3.71. The first kappa shape index (κ1) is 10.6. The van der Waals surface area contributed by atoms with Gasteiger partial charge in [-0.05, 0) is 47.5 Å². The fraction of sp³-hybridized carbons (Fsp3) is 0.200. The lowest BCUT2D eigenvalue weighted by Gasteiger charge is -2.04. The zero-order valence-corrected chi connectivity index (χ0v) is 10.7. The molecular formula is C10H9BrN2OS. The van der Waals surface area contributed by atoms with Crippen molar-refractivity contribution >= 4 is 27.5 Å². The summed E-state index contributed by atoms with van der Waals surface area (Å²) in [6.07, 6.45) is 0. The van der Waals surface area contributed by atoms with Crippen molar-refractivity contribution in [3.05, 3.63) is 34.1 Å². The van der Waals surface area contributed by atoms with Crippen LogP contribution in [0, 0.1) is 13.8 Å². The number of halogens is 1. The van der Waals surface area contributed by atoms with Gasteiger partial charge in [0, 0.05) is 11.5 Å². The lowest BCUT2D eigenvalue weighted by molar-refractivity contribution is 0.475. The third-order valence-corrected chi connectivity index (χ3v) is 3.10. The number of aryl methyl sites for hydroxylation is 2. The van der Waals surface area contributed by atoms with Crippen LogP contribution < -0.4 is 4.74 Å². The van der Waals surface area contributed by atoms with Crippen molar-refractivity contribution in [3.8, 4) is 10.9 Å². The monoisotopic (exact) mass is 284 g/mol. The van der Waals surface area contributed by atoms with Crippen LogP contribution >= 0.6 is 27.5 Å². The smallest absolute Gasteiger partial charge is 0.298 e. The first-order valence-electron chi connectivity index (χ1n) is 4.39. The average molecular weight is 285 g/mol. The maximum Gasteiger partial charge on any atom is 0.298 e. The molecule has 0 aliphatic carbocycles. The summed E-state index contributed by atoms with van der Waals surface area (Å²) in [6.45, 7) is 3.87. The Labute approximate surface area is 100 Å². The highest BCUT2D eigenvalue weighted by Gasteiger charge is 2.06. The zero-order valence-electron chi connectivity index (χ0n) is 8.32. The van der Waals surface area contributed by atoms with Gasteiger partial charge in [0.05, 0.1) is 4.47 Å². The Bertz CT molecular complexity index is 484. The van der Waals surface area contributed by atoms with Crippen molar-refractivity contribution in [3.63, 3.8) is 0 Å². The van der Waals surface area contributed by atoms with Gasteiger partial charge >= 0.3 is 0 Å². The maximum absolute atomic E-state index is 5.58. The summed E-state index contributed by atoms with van der Waals surface area (Å²) in [5.41, 5.74) is 1.18. The minimum atomic E-state index is 0.567. The molecule has 1 heterocycles. The van der Waals surface area contributed by atoms with Crippen molar-refractivity contribution in [1.29, 1.82) is 0 Å². The normalized spacial score (nSPS) is 10.3. The molecule has 0 bridgehead atoms. The van der Waals surface area contributed by atoms with Crippen LogP contribution in [0.1, 0.15) is 11.4 Å². The van der Waals surface area contributed by atoms with E-state index in [9.17, 15) is 0 Å². The van der Waals surface area contributed by atoms with E-state index in [0.29, 0.717) is 5.19 Å². The summed E-state index contributed by atoms with van der Waals surface area (Å²) in [5.74, 6) is 1.50. The fourth-order valence-corrected chi connectivity index (χ4v) is 2.23. The van der Waals surface area contributed by atoms with E-state index >= 15 is 0 Å². The third-order valence-electron chi connectivity index (χ3n) is 1.79. The molecule has 0 aliphatic rings. The highest BCUT2D eigenvalue weighted by atomic mass is 79.9. The Balaban J connectivity index is 2.24. The van der Waals surface area contributed by atoms with E-state index in [1.165, 1.54) is 17.1 Å². The summed E-state index contributed by atoms with van der Waals surface area (Å²) >= 11 is 4.70. The second-order valence-corrected chi connectivity index (χ2v) is 4.71. The van der Waals surface area contributed by atoms with E-state index in [2.05, 4.69) is 25.3 Å². The molecule has 0 unspecified atom stereocenters. The number of hydrogen-bond donors (Lipinski definition) is 0. The predicted molar refractivity (Wildman–Crippen MR) is 63.6 cm³/mol. The van der Waals surface area contributed by atoms with Crippen LogP contribution in [0.4, 0.5) is 0 Å². The third kappa shape index (κ3) is 2.54. The molecule has 0 atom stereocenters. The molecule has 0 amide bonds. The second kappa shape index (κ2) is 4.28. The molecule has 5 heteroatoms. The van der Waals surface area contributed by atoms with E-state index in [1.54, 1.807) is 0 Å². The van der Waals surface area contributed by atoms with Crippen molar-refractivity contribution in [1.82, 2.24) is 9.36 Å². The molecule has 0 saturated heterocycles. The number of nitrogens with zero attached hydrogens (tertiary/aromatic N) is 2. The Morgan fingerprint density at radius 1 is 1.33 bits per heavy atom. The summed E-state index contributed by atoms with van der Waals surface area (Å²) in [6, 6.07) is 5.91. The molecule has 0 aliphatic heterocycles. The van der Waals surface area contributed by atoms with E-state index in [1.807, 2.05) is 32.0 Å². The summed E-state index contributed by atoms with van der Waals surface area (Å²) in [5, 5.41) is 0.567. The molecule has 0 spiro atoms. The van der Waals surface area contributed by atoms with Crippen LogP contribution in [0.2, 0.25) is 0 Å². The first-order chi connectivity index (χ1) is 7.15. The molecule has 0 fully saturated rings. The molecule has 1 aromatic carbocycles.